The van der Waals surface area contributed by atoms with Crippen LogP contribution in [-0.4, -0.2) is 18.3 Å². The van der Waals surface area contributed by atoms with E-state index in [2.05, 4.69) is 5.32 Å². The Hall–Kier alpha value is -0.700. The highest BCUT2D eigenvalue weighted by molar-refractivity contribution is 6.17. The van der Waals surface area contributed by atoms with Crippen LogP contribution >= 0.6 is 11.6 Å². The van der Waals surface area contributed by atoms with E-state index in [4.69, 9.17) is 17.3 Å². The van der Waals surface area contributed by atoms with Gasteiger partial charge >= 0.3 is 0 Å². The average molecular weight is 205 g/mol. The number of nitrogens with one attached hydrogen (secondary N) is 1. The number of rotatable bonds is 7. The van der Waals surface area contributed by atoms with Gasteiger partial charge in [-0.2, -0.15) is 0 Å². The molecule has 0 rings (SSSR count). The van der Waals surface area contributed by atoms with Crippen LogP contribution < -0.4 is 11.1 Å². The van der Waals surface area contributed by atoms with E-state index in [1.54, 1.807) is 13.1 Å². The van der Waals surface area contributed by atoms with Crippen LogP contribution in [-0.2, 0) is 4.79 Å². The summed E-state index contributed by atoms with van der Waals surface area (Å²) in [6, 6.07) is 0. The zero-order valence-corrected chi connectivity index (χ0v) is 8.73. The van der Waals surface area contributed by atoms with Gasteiger partial charge in [-0.3, -0.25) is 4.79 Å². The Morgan fingerprint density at radius 2 is 2.15 bits per heavy atom. The summed E-state index contributed by atoms with van der Waals surface area (Å²) in [5.41, 5.74) is 5.59. The van der Waals surface area contributed by atoms with Gasteiger partial charge in [-0.15, -0.1) is 11.6 Å². The maximum atomic E-state index is 10.6. The molecule has 0 radical (unpaired) electrons. The summed E-state index contributed by atoms with van der Waals surface area (Å²) >= 11 is 5.51. The molecule has 0 aromatic rings. The molecule has 0 saturated heterocycles. The van der Waals surface area contributed by atoms with E-state index in [9.17, 15) is 4.79 Å². The van der Waals surface area contributed by atoms with E-state index in [1.165, 1.54) is 0 Å². The number of alkyl halides is 1. The number of carbonyl (C=O) groups excluding carboxylic acids is 1. The summed E-state index contributed by atoms with van der Waals surface area (Å²) in [6.07, 6.45) is 4.88. The van der Waals surface area contributed by atoms with Gasteiger partial charge < -0.3 is 11.1 Å². The lowest BCUT2D eigenvalue weighted by Gasteiger charge is -2.00. The van der Waals surface area contributed by atoms with Crippen molar-refractivity contribution in [2.75, 3.05) is 12.4 Å². The van der Waals surface area contributed by atoms with Crippen LogP contribution in [0.25, 0.3) is 0 Å². The van der Waals surface area contributed by atoms with Crippen molar-refractivity contribution >= 4 is 17.5 Å². The van der Waals surface area contributed by atoms with Crippen molar-refractivity contribution in [1.82, 2.24) is 5.32 Å². The fourth-order valence-electron chi connectivity index (χ4n) is 0.795. The van der Waals surface area contributed by atoms with E-state index in [0.29, 0.717) is 5.57 Å². The molecule has 0 aliphatic carbocycles. The number of carbonyl (C=O) groups is 1. The molecule has 0 bridgehead atoms. The van der Waals surface area contributed by atoms with Gasteiger partial charge in [0.25, 0.3) is 0 Å². The molecule has 3 nitrogen and oxygen atoms in total. The monoisotopic (exact) mass is 204 g/mol. The van der Waals surface area contributed by atoms with Crippen molar-refractivity contribution in [3.8, 4) is 0 Å². The Kier molecular flexibility index (Phi) is 7.50. The lowest BCUT2D eigenvalue weighted by Crippen LogP contribution is -2.16. The Balaban J connectivity index is 3.34. The van der Waals surface area contributed by atoms with Crippen LogP contribution in [0.15, 0.2) is 11.8 Å². The molecule has 0 aliphatic rings. The minimum absolute atomic E-state index is 0.381. The second-order valence-corrected chi connectivity index (χ2v) is 3.27. The van der Waals surface area contributed by atoms with Crippen LogP contribution in [0.4, 0.5) is 0 Å². The highest BCUT2D eigenvalue weighted by atomic mass is 35.5. The van der Waals surface area contributed by atoms with E-state index in [-0.39, 0.29) is 5.91 Å². The van der Waals surface area contributed by atoms with Crippen LogP contribution in [0.2, 0.25) is 0 Å². The molecule has 1 amide bonds. The fourth-order valence-corrected chi connectivity index (χ4v) is 0.984. The largest absolute Gasteiger partial charge is 0.391 e. The molecule has 0 saturated carbocycles. The quantitative estimate of drug-likeness (QED) is 0.374. The Bertz CT molecular complexity index is 180. The van der Waals surface area contributed by atoms with Gasteiger partial charge in [0.05, 0.1) is 0 Å². The molecular weight excluding hydrogens is 188 g/mol. The lowest BCUT2D eigenvalue weighted by molar-refractivity contribution is -0.114. The summed E-state index contributed by atoms with van der Waals surface area (Å²) in [5.74, 6) is 0.337. The number of unbranched alkanes of at least 4 members (excludes halogenated alkanes) is 2. The maximum absolute atomic E-state index is 10.6. The van der Waals surface area contributed by atoms with Gasteiger partial charge in [-0.1, -0.05) is 6.42 Å². The van der Waals surface area contributed by atoms with E-state index in [1.807, 2.05) is 0 Å². The molecule has 0 heterocycles. The minimum Gasteiger partial charge on any atom is -0.391 e. The molecule has 0 spiro atoms. The van der Waals surface area contributed by atoms with Gasteiger partial charge in [0.1, 0.15) is 0 Å². The second kappa shape index (κ2) is 7.92. The Labute approximate surface area is 84.3 Å². The number of hydrogen-bond acceptors (Lipinski definition) is 2. The Morgan fingerprint density at radius 1 is 1.46 bits per heavy atom. The number of halogens is 1. The molecule has 0 fully saturated rings. The maximum Gasteiger partial charge on any atom is 0.245 e. The van der Waals surface area contributed by atoms with Crippen molar-refractivity contribution in [2.45, 2.75) is 26.2 Å². The normalized spacial score (nSPS) is 11.4. The molecular formula is C9H17ClN2O. The first kappa shape index (κ1) is 12.3. The van der Waals surface area contributed by atoms with E-state index < -0.39 is 0 Å². The molecule has 3 N–H and O–H groups in total. The molecule has 0 atom stereocenters. The minimum atomic E-state index is -0.381. The first-order chi connectivity index (χ1) is 6.18. The Morgan fingerprint density at radius 3 is 2.69 bits per heavy atom. The molecule has 0 aliphatic heterocycles. The van der Waals surface area contributed by atoms with Gasteiger partial charge in [0.2, 0.25) is 5.91 Å². The lowest BCUT2D eigenvalue weighted by atomic mass is 10.2. The summed E-state index contributed by atoms with van der Waals surface area (Å²) in [4.78, 5) is 10.6. The predicted molar refractivity (Wildman–Crippen MR) is 55.5 cm³/mol. The van der Waals surface area contributed by atoms with Gasteiger partial charge in [-0.05, 0) is 19.8 Å². The van der Waals surface area contributed by atoms with E-state index >= 15 is 0 Å². The highest BCUT2D eigenvalue weighted by Gasteiger charge is 1.94. The third kappa shape index (κ3) is 7.65. The molecule has 0 unspecified atom stereocenters. The predicted octanol–water partition coefficient (Wildman–Crippen LogP) is 1.37. The topological polar surface area (TPSA) is 55.1 Å². The van der Waals surface area contributed by atoms with Crippen molar-refractivity contribution in [2.24, 2.45) is 5.73 Å². The van der Waals surface area contributed by atoms with Gasteiger partial charge in [0, 0.05) is 24.2 Å². The molecule has 4 heteroatoms. The number of hydrogen-bond donors (Lipinski definition) is 2. The number of nitrogens with two attached hydrogens (primary N) is 1. The second-order valence-electron chi connectivity index (χ2n) is 2.90. The van der Waals surface area contributed by atoms with Crippen LogP contribution in [0.1, 0.15) is 26.2 Å². The molecule has 76 valence electrons. The van der Waals surface area contributed by atoms with Crippen molar-refractivity contribution in [3.05, 3.63) is 11.8 Å². The average Bonchev–Trinajstić information content (AvgIpc) is 2.10. The third-order valence-corrected chi connectivity index (χ3v) is 1.93. The van der Waals surface area contributed by atoms with Crippen molar-refractivity contribution in [1.29, 1.82) is 0 Å². The summed E-state index contributed by atoms with van der Waals surface area (Å²) in [6.45, 7) is 2.55. The fraction of sp³-hybridized carbons (Fsp3) is 0.667. The summed E-state index contributed by atoms with van der Waals surface area (Å²) < 4.78 is 0. The number of amides is 1. The molecule has 13 heavy (non-hydrogen) atoms. The van der Waals surface area contributed by atoms with Crippen LogP contribution in [0.5, 0.6) is 0 Å². The summed E-state index contributed by atoms with van der Waals surface area (Å²) in [5, 5.41) is 3.02. The molecule has 0 aromatic heterocycles. The van der Waals surface area contributed by atoms with E-state index in [0.717, 1.165) is 31.7 Å². The van der Waals surface area contributed by atoms with Crippen molar-refractivity contribution < 1.29 is 4.79 Å². The molecule has 0 aromatic carbocycles. The van der Waals surface area contributed by atoms with Gasteiger partial charge in [0.15, 0.2) is 0 Å². The van der Waals surface area contributed by atoms with Crippen LogP contribution in [0, 0.1) is 0 Å². The smallest absolute Gasteiger partial charge is 0.245 e. The number of primary amides is 1. The summed E-state index contributed by atoms with van der Waals surface area (Å²) in [7, 11) is 0. The van der Waals surface area contributed by atoms with Gasteiger partial charge in [-0.25, -0.2) is 0 Å². The zero-order valence-electron chi connectivity index (χ0n) is 7.98. The van der Waals surface area contributed by atoms with Crippen molar-refractivity contribution in [3.63, 3.8) is 0 Å². The third-order valence-electron chi connectivity index (χ3n) is 1.66. The van der Waals surface area contributed by atoms with Crippen LogP contribution in [0.3, 0.4) is 0 Å². The highest BCUT2D eigenvalue weighted by Crippen LogP contribution is 1.95. The first-order valence-electron chi connectivity index (χ1n) is 4.44. The first-order valence-corrected chi connectivity index (χ1v) is 4.98. The SMILES string of the molecule is C/C(=C/NCCCCCCl)C(N)=O. The zero-order chi connectivity index (χ0) is 10.1. The standard InChI is InChI=1S/C9H17ClN2O/c1-8(9(11)13)7-12-6-4-2-3-5-10/h7,12H,2-6H2,1H3,(H2,11,13)/b8-7-.